The van der Waals surface area contributed by atoms with Gasteiger partial charge in [-0.2, -0.15) is 0 Å². The minimum atomic E-state index is -0.210. The molecule has 0 saturated carbocycles. The maximum absolute atomic E-state index is 13.2. The molecule has 2 aromatic carbocycles. The first-order chi connectivity index (χ1) is 19.2. The highest BCUT2D eigenvalue weighted by Crippen LogP contribution is 2.32. The Bertz CT molecular complexity index is 1350. The second-order valence-corrected chi connectivity index (χ2v) is 9.71. The molecule has 8 heteroatoms. The molecule has 0 radical (unpaired) electrons. The SMILES string of the molecule is COc1cccc(C(CC(=O)NCCCN2CCOCC2)c2cnc3c(OCc4ccccc4)cccn23)c1. The first kappa shape index (κ1) is 26.7. The fraction of sp³-hybridized carbons (Fsp3) is 0.355. The molecule has 204 valence electrons. The summed E-state index contributed by atoms with van der Waals surface area (Å²) in [7, 11) is 1.65. The zero-order chi connectivity index (χ0) is 26.9. The van der Waals surface area contributed by atoms with Gasteiger partial charge in [0.15, 0.2) is 11.4 Å². The minimum absolute atomic E-state index is 0.0104. The second kappa shape index (κ2) is 13.3. The fourth-order valence-corrected chi connectivity index (χ4v) is 4.97. The largest absolute Gasteiger partial charge is 0.497 e. The van der Waals surface area contributed by atoms with E-state index in [1.165, 1.54) is 0 Å². The van der Waals surface area contributed by atoms with Crippen LogP contribution in [0.15, 0.2) is 79.1 Å². The average Bonchev–Trinajstić information content (AvgIpc) is 3.43. The third-order valence-electron chi connectivity index (χ3n) is 7.09. The fourth-order valence-electron chi connectivity index (χ4n) is 4.97. The van der Waals surface area contributed by atoms with Gasteiger partial charge in [0.2, 0.25) is 5.91 Å². The number of nitrogens with one attached hydrogen (secondary N) is 1. The highest BCUT2D eigenvalue weighted by molar-refractivity contribution is 5.77. The number of imidazole rings is 1. The average molecular weight is 529 g/mol. The van der Waals surface area contributed by atoms with Crippen molar-refractivity contribution in [1.82, 2.24) is 19.6 Å². The molecule has 1 aliphatic heterocycles. The van der Waals surface area contributed by atoms with Crippen molar-refractivity contribution in [2.45, 2.75) is 25.4 Å². The van der Waals surface area contributed by atoms with Crippen LogP contribution in [0.4, 0.5) is 0 Å². The quantitative estimate of drug-likeness (QED) is 0.277. The van der Waals surface area contributed by atoms with E-state index in [1.54, 1.807) is 7.11 Å². The summed E-state index contributed by atoms with van der Waals surface area (Å²) in [5, 5.41) is 3.13. The maximum atomic E-state index is 13.2. The molecule has 1 unspecified atom stereocenters. The minimum Gasteiger partial charge on any atom is -0.497 e. The monoisotopic (exact) mass is 528 g/mol. The maximum Gasteiger partial charge on any atom is 0.221 e. The molecule has 1 fully saturated rings. The van der Waals surface area contributed by atoms with Crippen LogP contribution in [0, 0.1) is 0 Å². The highest BCUT2D eigenvalue weighted by Gasteiger charge is 2.23. The summed E-state index contributed by atoms with van der Waals surface area (Å²) in [6.07, 6.45) is 5.03. The van der Waals surface area contributed by atoms with Gasteiger partial charge in [-0.3, -0.25) is 9.69 Å². The highest BCUT2D eigenvalue weighted by atomic mass is 16.5. The molecule has 5 rings (SSSR count). The third-order valence-corrected chi connectivity index (χ3v) is 7.09. The first-order valence-electron chi connectivity index (χ1n) is 13.5. The van der Waals surface area contributed by atoms with E-state index in [0.717, 1.165) is 67.5 Å². The number of carbonyl (C=O) groups is 1. The van der Waals surface area contributed by atoms with Gasteiger partial charge in [0, 0.05) is 44.4 Å². The van der Waals surface area contributed by atoms with E-state index < -0.39 is 0 Å². The van der Waals surface area contributed by atoms with Crippen molar-refractivity contribution in [2.75, 3.05) is 46.5 Å². The second-order valence-electron chi connectivity index (χ2n) is 9.71. The predicted octanol–water partition coefficient (Wildman–Crippen LogP) is 4.28. The number of hydrogen-bond donors (Lipinski definition) is 1. The van der Waals surface area contributed by atoms with E-state index in [1.807, 2.05) is 83.5 Å². The number of fused-ring (bicyclic) bond motifs is 1. The summed E-state index contributed by atoms with van der Waals surface area (Å²) >= 11 is 0. The number of nitrogens with zero attached hydrogens (tertiary/aromatic N) is 3. The summed E-state index contributed by atoms with van der Waals surface area (Å²) in [5.41, 5.74) is 3.73. The number of benzene rings is 2. The Balaban J connectivity index is 1.32. The lowest BCUT2D eigenvalue weighted by Gasteiger charge is -2.26. The van der Waals surface area contributed by atoms with Gasteiger partial charge in [0.25, 0.3) is 0 Å². The summed E-state index contributed by atoms with van der Waals surface area (Å²) in [4.78, 5) is 20.3. The molecule has 0 bridgehead atoms. The van der Waals surface area contributed by atoms with Crippen LogP contribution in [0.25, 0.3) is 5.65 Å². The molecule has 0 aliphatic carbocycles. The van der Waals surface area contributed by atoms with E-state index in [4.69, 9.17) is 19.2 Å². The molecule has 2 aromatic heterocycles. The number of morpholine rings is 1. The molecular formula is C31H36N4O4. The summed E-state index contributed by atoms with van der Waals surface area (Å²) < 4.78 is 19.1. The van der Waals surface area contributed by atoms with Gasteiger partial charge in [-0.15, -0.1) is 0 Å². The van der Waals surface area contributed by atoms with Crippen LogP contribution in [0.2, 0.25) is 0 Å². The van der Waals surface area contributed by atoms with E-state index in [2.05, 4.69) is 10.2 Å². The molecule has 0 spiro atoms. The van der Waals surface area contributed by atoms with E-state index in [0.29, 0.717) is 25.3 Å². The summed E-state index contributed by atoms with van der Waals surface area (Å²) in [5.74, 6) is 1.25. The van der Waals surface area contributed by atoms with Crippen molar-refractivity contribution >= 4 is 11.6 Å². The van der Waals surface area contributed by atoms with Gasteiger partial charge in [0.1, 0.15) is 12.4 Å². The lowest BCUT2D eigenvalue weighted by molar-refractivity contribution is -0.121. The molecular weight excluding hydrogens is 492 g/mol. The van der Waals surface area contributed by atoms with Crippen LogP contribution in [-0.2, 0) is 16.1 Å². The van der Waals surface area contributed by atoms with E-state index in [9.17, 15) is 4.79 Å². The van der Waals surface area contributed by atoms with E-state index >= 15 is 0 Å². The molecule has 39 heavy (non-hydrogen) atoms. The van der Waals surface area contributed by atoms with Crippen LogP contribution in [0.5, 0.6) is 11.5 Å². The van der Waals surface area contributed by atoms with Gasteiger partial charge in [-0.05, 0) is 48.4 Å². The van der Waals surface area contributed by atoms with Crippen LogP contribution in [0.3, 0.4) is 0 Å². The molecule has 3 heterocycles. The van der Waals surface area contributed by atoms with Crippen LogP contribution < -0.4 is 14.8 Å². The smallest absolute Gasteiger partial charge is 0.221 e. The Morgan fingerprint density at radius 3 is 2.74 bits per heavy atom. The number of hydrogen-bond acceptors (Lipinski definition) is 6. The van der Waals surface area contributed by atoms with Crippen molar-refractivity contribution in [1.29, 1.82) is 0 Å². The number of pyridine rings is 1. The number of carbonyl (C=O) groups excluding carboxylic acids is 1. The first-order valence-corrected chi connectivity index (χ1v) is 13.5. The number of ether oxygens (including phenoxy) is 3. The molecule has 1 N–H and O–H groups in total. The van der Waals surface area contributed by atoms with E-state index in [-0.39, 0.29) is 11.8 Å². The lowest BCUT2D eigenvalue weighted by atomic mass is 9.92. The topological polar surface area (TPSA) is 77.3 Å². The molecule has 4 aromatic rings. The number of amides is 1. The van der Waals surface area contributed by atoms with Crippen LogP contribution in [0.1, 0.15) is 35.6 Å². The third kappa shape index (κ3) is 6.96. The Kier molecular flexibility index (Phi) is 9.09. The Hall–Kier alpha value is -3.88. The standard InChI is InChI=1S/C31H36N4O4/c1-37-26-11-5-10-25(20-26)27(21-30(36)32-13-7-14-34-16-18-38-19-17-34)28-22-33-31-29(12-6-15-35(28)31)39-23-24-8-3-2-4-9-24/h2-6,8-12,15,20,22,27H,7,13-14,16-19,21,23H2,1H3,(H,32,36). The van der Waals surface area contributed by atoms with Gasteiger partial charge in [-0.1, -0.05) is 42.5 Å². The molecule has 1 saturated heterocycles. The molecule has 1 aliphatic rings. The number of aromatic nitrogens is 2. The van der Waals surface area contributed by atoms with Gasteiger partial charge in [0.05, 0.1) is 26.0 Å². The van der Waals surface area contributed by atoms with Crippen molar-refractivity contribution in [2.24, 2.45) is 0 Å². The summed E-state index contributed by atoms with van der Waals surface area (Å²) in [6.45, 7) is 5.54. The van der Waals surface area contributed by atoms with Gasteiger partial charge in [-0.25, -0.2) is 4.98 Å². The van der Waals surface area contributed by atoms with Crippen molar-refractivity contribution in [3.8, 4) is 11.5 Å². The molecule has 1 amide bonds. The zero-order valence-corrected chi connectivity index (χ0v) is 22.4. The zero-order valence-electron chi connectivity index (χ0n) is 22.4. The van der Waals surface area contributed by atoms with Crippen molar-refractivity contribution in [3.63, 3.8) is 0 Å². The van der Waals surface area contributed by atoms with Crippen LogP contribution in [-0.4, -0.2) is 66.7 Å². The van der Waals surface area contributed by atoms with Crippen molar-refractivity contribution < 1.29 is 19.0 Å². The van der Waals surface area contributed by atoms with Crippen molar-refractivity contribution in [3.05, 3.63) is 95.9 Å². The van der Waals surface area contributed by atoms with Crippen LogP contribution >= 0.6 is 0 Å². The van der Waals surface area contributed by atoms with Gasteiger partial charge < -0.3 is 23.9 Å². The molecule has 8 nitrogen and oxygen atoms in total. The lowest BCUT2D eigenvalue weighted by Crippen LogP contribution is -2.38. The Labute approximate surface area is 229 Å². The van der Waals surface area contributed by atoms with Gasteiger partial charge >= 0.3 is 0 Å². The summed E-state index contributed by atoms with van der Waals surface area (Å²) in [6, 6.07) is 21.8. The predicted molar refractivity (Wildman–Crippen MR) is 150 cm³/mol. The number of methoxy groups -OCH3 is 1. The normalized spacial score (nSPS) is 14.7. The molecule has 1 atom stereocenters. The Morgan fingerprint density at radius 2 is 1.92 bits per heavy atom. The Morgan fingerprint density at radius 1 is 1.08 bits per heavy atom. The number of rotatable bonds is 12.